The van der Waals surface area contributed by atoms with Gasteiger partial charge in [-0.15, -0.1) is 0 Å². The van der Waals surface area contributed by atoms with Gasteiger partial charge in [0.25, 0.3) is 0 Å². The lowest BCUT2D eigenvalue weighted by Gasteiger charge is -2.43. The third kappa shape index (κ3) is 11.1. The van der Waals surface area contributed by atoms with Crippen LogP contribution in [0.1, 0.15) is 81.6 Å². The number of carbonyl (C=O) groups is 3. The van der Waals surface area contributed by atoms with Crippen molar-refractivity contribution in [3.63, 3.8) is 0 Å². The number of fused-ring (bicyclic) bond motifs is 2. The number of hydrogen-bond acceptors (Lipinski definition) is 13. The number of carbonyl (C=O) groups excluding carboxylic acids is 3. The number of epoxide rings is 1. The maximum Gasteiger partial charge on any atom is 0.343 e. The Hall–Kier alpha value is -4.37. The molecule has 56 heavy (non-hydrogen) atoms. The highest BCUT2D eigenvalue weighted by atomic mass is 16.8. The Balaban J connectivity index is 0.771. The van der Waals surface area contributed by atoms with E-state index in [4.69, 9.17) is 47.4 Å². The van der Waals surface area contributed by atoms with Gasteiger partial charge in [-0.25, -0.2) is 14.4 Å². The topological polar surface area (TPSA) is 147 Å². The predicted molar refractivity (Wildman–Crippen MR) is 200 cm³/mol. The van der Waals surface area contributed by atoms with E-state index in [2.05, 4.69) is 0 Å². The average molecular weight is 775 g/mol. The number of unbranched alkanes of at least 4 members (excludes halogenated alkanes) is 3. The second kappa shape index (κ2) is 19.7. The van der Waals surface area contributed by atoms with Gasteiger partial charge in [-0.3, -0.25) is 0 Å². The number of hydrogen-bond donors (Lipinski definition) is 0. The van der Waals surface area contributed by atoms with E-state index in [1.807, 2.05) is 19.1 Å². The molecule has 0 radical (unpaired) electrons. The minimum atomic E-state index is -0.637. The summed E-state index contributed by atoms with van der Waals surface area (Å²) in [6.07, 6.45) is 6.34. The van der Waals surface area contributed by atoms with Crippen LogP contribution in [0, 0.1) is 12.8 Å². The minimum Gasteiger partial charge on any atom is -0.494 e. The molecule has 3 aromatic rings. The molecule has 0 spiro atoms. The van der Waals surface area contributed by atoms with Gasteiger partial charge in [0.15, 0.2) is 0 Å². The molecule has 13 nitrogen and oxygen atoms in total. The van der Waals surface area contributed by atoms with Crippen LogP contribution in [0.2, 0.25) is 0 Å². The smallest absolute Gasteiger partial charge is 0.343 e. The Labute approximate surface area is 326 Å². The summed E-state index contributed by atoms with van der Waals surface area (Å²) in [5, 5.41) is 0. The van der Waals surface area contributed by atoms with Gasteiger partial charge in [-0.1, -0.05) is 24.1 Å². The summed E-state index contributed by atoms with van der Waals surface area (Å²) in [5.41, 5.74) is 2.10. The summed E-state index contributed by atoms with van der Waals surface area (Å²) >= 11 is 0. The Kier molecular flexibility index (Phi) is 14.0. The monoisotopic (exact) mass is 774 g/mol. The molecule has 1 aliphatic carbocycles. The predicted octanol–water partition coefficient (Wildman–Crippen LogP) is 6.23. The summed E-state index contributed by atoms with van der Waals surface area (Å²) in [7, 11) is 0. The molecule has 0 aromatic heterocycles. The van der Waals surface area contributed by atoms with Crippen molar-refractivity contribution >= 4 is 17.9 Å². The van der Waals surface area contributed by atoms with Gasteiger partial charge in [0.1, 0.15) is 62.7 Å². The number of esters is 3. The highest BCUT2D eigenvalue weighted by molar-refractivity contribution is 5.92. The van der Waals surface area contributed by atoms with Crippen LogP contribution in [-0.4, -0.2) is 101 Å². The largest absolute Gasteiger partial charge is 0.494 e. The van der Waals surface area contributed by atoms with Gasteiger partial charge < -0.3 is 47.4 Å². The minimum absolute atomic E-state index is 0.0457. The van der Waals surface area contributed by atoms with E-state index < -0.39 is 42.3 Å². The molecule has 3 heterocycles. The molecule has 3 aliphatic heterocycles. The van der Waals surface area contributed by atoms with E-state index in [-0.39, 0.29) is 38.1 Å². The quantitative estimate of drug-likeness (QED) is 0.0623. The lowest BCUT2D eigenvalue weighted by Crippen LogP contribution is -2.59. The molecular weight excluding hydrogens is 724 g/mol. The van der Waals surface area contributed by atoms with Crippen LogP contribution in [0.25, 0.3) is 0 Å². The van der Waals surface area contributed by atoms with Gasteiger partial charge in [-0.2, -0.15) is 0 Å². The van der Waals surface area contributed by atoms with E-state index in [1.165, 1.54) is 37.1 Å². The van der Waals surface area contributed by atoms with Crippen molar-refractivity contribution in [1.29, 1.82) is 0 Å². The first kappa shape index (κ1) is 39.8. The van der Waals surface area contributed by atoms with Gasteiger partial charge in [0.05, 0.1) is 35.5 Å². The fourth-order valence-corrected chi connectivity index (χ4v) is 7.14. The molecule has 4 aliphatic rings. The molecule has 4 fully saturated rings. The van der Waals surface area contributed by atoms with Crippen molar-refractivity contribution in [3.05, 3.63) is 95.1 Å². The molecule has 3 saturated heterocycles. The van der Waals surface area contributed by atoms with Crippen LogP contribution < -0.4 is 9.47 Å². The van der Waals surface area contributed by atoms with Crippen LogP contribution in [0.15, 0.2) is 72.8 Å². The normalized spacial score (nSPS) is 25.3. The summed E-state index contributed by atoms with van der Waals surface area (Å²) in [6, 6.07) is 20.0. The number of rotatable bonds is 18. The van der Waals surface area contributed by atoms with Crippen LogP contribution in [0.4, 0.5) is 0 Å². The van der Waals surface area contributed by atoms with Crippen molar-refractivity contribution < 1.29 is 61.8 Å². The SMILES string of the molecule is Cc1ccc(C(=O)OCC2OCOC3C(COC(=O)c4ccc(OC(=O)c5ccc(OCCCCCCOCC6CCC7OC7C6)cc5)cc4)OCOC23)cc1. The van der Waals surface area contributed by atoms with Crippen LogP contribution in [-0.2, 0) is 37.9 Å². The zero-order valence-electron chi connectivity index (χ0n) is 31.7. The first-order chi connectivity index (χ1) is 27.4. The van der Waals surface area contributed by atoms with Crippen molar-refractivity contribution in [2.45, 2.75) is 88.5 Å². The molecule has 3 aromatic carbocycles. The number of ether oxygens (including phenoxy) is 10. The van der Waals surface area contributed by atoms with Crippen molar-refractivity contribution in [2.75, 3.05) is 46.6 Å². The maximum absolute atomic E-state index is 12.9. The highest BCUT2D eigenvalue weighted by Gasteiger charge is 2.46. The third-order valence-corrected chi connectivity index (χ3v) is 10.5. The average Bonchev–Trinajstić information content (AvgIpc) is 4.01. The highest BCUT2D eigenvalue weighted by Crippen LogP contribution is 2.39. The number of aryl methyl sites for hydroxylation is 1. The zero-order chi connectivity index (χ0) is 38.7. The first-order valence-corrected chi connectivity index (χ1v) is 19.6. The standard InChI is InChI=1S/C43H50O13/c1-28-6-9-30(10-7-28)41(44)49-24-37-39-40(54-26-51-37)38(52-27-53-39)25-50-42(45)31-13-17-34(18-14-31)55-43(46)32-11-15-33(16-12-32)48-21-5-3-2-4-20-47-23-29-8-19-35-36(22-29)56-35/h6-7,9-18,29,35-40H,2-5,8,19-27H2,1H3. The van der Waals surface area contributed by atoms with E-state index in [1.54, 1.807) is 36.4 Å². The molecule has 7 unspecified atom stereocenters. The zero-order valence-corrected chi connectivity index (χ0v) is 31.7. The number of benzene rings is 3. The van der Waals surface area contributed by atoms with Crippen LogP contribution in [0.3, 0.4) is 0 Å². The van der Waals surface area contributed by atoms with E-state index in [0.717, 1.165) is 50.9 Å². The maximum atomic E-state index is 12.9. The molecule has 7 rings (SSSR count). The van der Waals surface area contributed by atoms with Gasteiger partial charge in [0, 0.05) is 13.2 Å². The summed E-state index contributed by atoms with van der Waals surface area (Å²) in [4.78, 5) is 38.2. The Morgan fingerprint density at radius 1 is 0.589 bits per heavy atom. The Morgan fingerprint density at radius 2 is 1.14 bits per heavy atom. The summed E-state index contributed by atoms with van der Waals surface area (Å²) in [6.45, 7) is 3.89. The second-order valence-corrected chi connectivity index (χ2v) is 14.6. The van der Waals surface area contributed by atoms with Crippen molar-refractivity contribution in [3.8, 4) is 11.5 Å². The molecule has 0 N–H and O–H groups in total. The summed E-state index contributed by atoms with van der Waals surface area (Å²) in [5.74, 6) is 0.0217. The second-order valence-electron chi connectivity index (χ2n) is 14.6. The molecule has 13 heteroatoms. The summed E-state index contributed by atoms with van der Waals surface area (Å²) < 4.78 is 56.8. The van der Waals surface area contributed by atoms with E-state index >= 15 is 0 Å². The Bertz CT molecular complexity index is 1730. The molecular formula is C43H50O13. The molecule has 0 bridgehead atoms. The molecule has 300 valence electrons. The van der Waals surface area contributed by atoms with Gasteiger partial charge in [0.2, 0.25) is 0 Å². The van der Waals surface area contributed by atoms with Gasteiger partial charge in [-0.05, 0) is 112 Å². The lowest BCUT2D eigenvalue weighted by molar-refractivity contribution is -0.328. The molecule has 0 amide bonds. The molecule has 7 atom stereocenters. The van der Waals surface area contributed by atoms with Crippen LogP contribution in [0.5, 0.6) is 11.5 Å². The third-order valence-electron chi connectivity index (χ3n) is 10.5. The van der Waals surface area contributed by atoms with E-state index in [9.17, 15) is 14.4 Å². The fourth-order valence-electron chi connectivity index (χ4n) is 7.14. The van der Waals surface area contributed by atoms with Crippen molar-refractivity contribution in [1.82, 2.24) is 0 Å². The van der Waals surface area contributed by atoms with Crippen LogP contribution >= 0.6 is 0 Å². The lowest BCUT2D eigenvalue weighted by atomic mass is 9.90. The van der Waals surface area contributed by atoms with E-state index in [0.29, 0.717) is 41.6 Å². The van der Waals surface area contributed by atoms with Crippen molar-refractivity contribution in [2.24, 2.45) is 5.92 Å². The molecule has 1 saturated carbocycles. The van der Waals surface area contributed by atoms with Gasteiger partial charge >= 0.3 is 17.9 Å². The Morgan fingerprint density at radius 3 is 1.75 bits per heavy atom. The first-order valence-electron chi connectivity index (χ1n) is 19.6. The fraction of sp³-hybridized carbons (Fsp3) is 0.512.